The highest BCUT2D eigenvalue weighted by Crippen LogP contribution is 2.66. The van der Waals surface area contributed by atoms with E-state index in [1.807, 2.05) is 12.1 Å². The third kappa shape index (κ3) is 2.79. The van der Waals surface area contributed by atoms with E-state index in [-0.39, 0.29) is 0 Å². The van der Waals surface area contributed by atoms with E-state index in [2.05, 4.69) is 29.4 Å². The minimum atomic E-state index is 0.296. The SMILES string of the molecule is Clc1ccc(CO/N=C2\CC3(c4ccccc42)C2CC4CC(C2)CC3C4)c(Cl)c1. The zero-order chi connectivity index (χ0) is 19.6. The zero-order valence-corrected chi connectivity index (χ0v) is 17.9. The molecule has 0 aromatic heterocycles. The van der Waals surface area contributed by atoms with Gasteiger partial charge in [-0.25, -0.2) is 0 Å². The van der Waals surface area contributed by atoms with Crippen LogP contribution in [0, 0.1) is 23.7 Å². The first-order valence-electron chi connectivity index (χ1n) is 10.9. The maximum atomic E-state index is 6.29. The first-order valence-corrected chi connectivity index (χ1v) is 11.6. The first-order chi connectivity index (χ1) is 14.1. The molecule has 0 saturated heterocycles. The van der Waals surface area contributed by atoms with Crippen molar-refractivity contribution >= 4 is 28.9 Å². The second kappa shape index (κ2) is 6.75. The zero-order valence-electron chi connectivity index (χ0n) is 16.4. The molecule has 1 spiro atoms. The van der Waals surface area contributed by atoms with E-state index in [1.54, 1.807) is 11.6 Å². The maximum Gasteiger partial charge on any atom is 0.143 e. The fourth-order valence-corrected chi connectivity index (χ4v) is 7.72. The van der Waals surface area contributed by atoms with Crippen molar-refractivity contribution in [1.82, 2.24) is 0 Å². The topological polar surface area (TPSA) is 21.6 Å². The molecule has 5 aliphatic rings. The third-order valence-corrected chi connectivity index (χ3v) is 8.79. The van der Waals surface area contributed by atoms with Gasteiger partial charge in [-0.05, 0) is 73.5 Å². The summed E-state index contributed by atoms with van der Waals surface area (Å²) < 4.78 is 0. The highest BCUT2D eigenvalue weighted by Gasteiger charge is 2.60. The van der Waals surface area contributed by atoms with Gasteiger partial charge in [0.1, 0.15) is 6.61 Å². The number of oxime groups is 1. The molecule has 2 aromatic rings. The van der Waals surface area contributed by atoms with Crippen LogP contribution in [0.15, 0.2) is 47.6 Å². The van der Waals surface area contributed by atoms with Crippen molar-refractivity contribution in [3.8, 4) is 0 Å². The van der Waals surface area contributed by atoms with Crippen LogP contribution in [0.1, 0.15) is 55.2 Å². The van der Waals surface area contributed by atoms with Gasteiger partial charge in [-0.2, -0.15) is 0 Å². The maximum absolute atomic E-state index is 6.29. The Morgan fingerprint density at radius 2 is 1.66 bits per heavy atom. The summed E-state index contributed by atoms with van der Waals surface area (Å²) in [6.07, 6.45) is 8.17. The number of rotatable bonds is 3. The average Bonchev–Trinajstić information content (AvgIpc) is 3.03. The first kappa shape index (κ1) is 18.3. The molecule has 4 heteroatoms. The highest BCUT2D eigenvalue weighted by molar-refractivity contribution is 6.35. The fraction of sp³-hybridized carbons (Fsp3) is 0.480. The lowest BCUT2D eigenvalue weighted by Crippen LogP contribution is -2.54. The molecule has 0 radical (unpaired) electrons. The monoisotopic (exact) mass is 425 g/mol. The van der Waals surface area contributed by atoms with Gasteiger partial charge in [0, 0.05) is 33.0 Å². The van der Waals surface area contributed by atoms with E-state index in [0.717, 1.165) is 41.4 Å². The molecule has 4 saturated carbocycles. The molecule has 0 heterocycles. The Balaban J connectivity index is 1.31. The number of fused-ring (bicyclic) bond motifs is 1. The van der Waals surface area contributed by atoms with Crippen LogP contribution < -0.4 is 0 Å². The van der Waals surface area contributed by atoms with Crippen molar-refractivity contribution in [1.29, 1.82) is 0 Å². The summed E-state index contributed by atoms with van der Waals surface area (Å²) in [4.78, 5) is 5.83. The molecule has 0 N–H and O–H groups in total. The van der Waals surface area contributed by atoms with Gasteiger partial charge in [0.05, 0.1) is 5.71 Å². The van der Waals surface area contributed by atoms with E-state index >= 15 is 0 Å². The lowest BCUT2D eigenvalue weighted by Gasteiger charge is -2.60. The molecule has 4 fully saturated rings. The molecule has 7 rings (SSSR count). The largest absolute Gasteiger partial charge is 0.391 e. The predicted molar refractivity (Wildman–Crippen MR) is 118 cm³/mol. The van der Waals surface area contributed by atoms with E-state index in [4.69, 9.17) is 28.0 Å². The number of benzene rings is 2. The Hall–Kier alpha value is -1.51. The Morgan fingerprint density at radius 1 is 0.931 bits per heavy atom. The van der Waals surface area contributed by atoms with Crippen molar-refractivity contribution in [2.75, 3.05) is 0 Å². The minimum Gasteiger partial charge on any atom is -0.391 e. The number of nitrogens with zero attached hydrogens (tertiary/aromatic N) is 1. The van der Waals surface area contributed by atoms with E-state index < -0.39 is 0 Å². The fourth-order valence-electron chi connectivity index (χ4n) is 7.26. The van der Waals surface area contributed by atoms with Crippen LogP contribution in [-0.4, -0.2) is 5.71 Å². The van der Waals surface area contributed by atoms with Crippen LogP contribution in [0.25, 0.3) is 0 Å². The smallest absolute Gasteiger partial charge is 0.143 e. The summed E-state index contributed by atoms with van der Waals surface area (Å²) in [5.74, 6) is 3.58. The highest BCUT2D eigenvalue weighted by atomic mass is 35.5. The number of halogens is 2. The molecule has 0 amide bonds. The van der Waals surface area contributed by atoms with Crippen molar-refractivity contribution in [2.24, 2.45) is 28.8 Å². The second-order valence-electron chi connectivity index (χ2n) is 9.61. The van der Waals surface area contributed by atoms with Gasteiger partial charge < -0.3 is 4.84 Å². The van der Waals surface area contributed by atoms with Gasteiger partial charge in [0.15, 0.2) is 0 Å². The minimum absolute atomic E-state index is 0.296. The van der Waals surface area contributed by atoms with Gasteiger partial charge >= 0.3 is 0 Å². The Bertz CT molecular complexity index is 970. The molecular weight excluding hydrogens is 401 g/mol. The Morgan fingerprint density at radius 3 is 2.38 bits per heavy atom. The molecule has 0 atom stereocenters. The average molecular weight is 426 g/mol. The van der Waals surface area contributed by atoms with Crippen LogP contribution >= 0.6 is 23.2 Å². The summed E-state index contributed by atoms with van der Waals surface area (Å²) in [7, 11) is 0. The van der Waals surface area contributed by atoms with Crippen molar-refractivity contribution < 1.29 is 4.84 Å². The molecule has 2 aromatic carbocycles. The molecule has 2 nitrogen and oxygen atoms in total. The number of hydrogen-bond acceptors (Lipinski definition) is 2. The summed E-state index contributed by atoms with van der Waals surface area (Å²) in [5, 5.41) is 5.92. The lowest BCUT2D eigenvalue weighted by molar-refractivity contribution is -0.0559. The molecule has 150 valence electrons. The van der Waals surface area contributed by atoms with Crippen LogP contribution in [0.4, 0.5) is 0 Å². The van der Waals surface area contributed by atoms with E-state index in [1.165, 1.54) is 37.7 Å². The van der Waals surface area contributed by atoms with Crippen molar-refractivity contribution in [3.05, 3.63) is 69.2 Å². The standard InChI is InChI=1S/C25H25Cl2NO/c26-20-6-5-17(23(27)12-20)14-29-28-24-13-25(22-4-2-1-3-21(22)24)18-8-15-7-16(10-18)11-19(25)9-15/h1-6,12,15-16,18-19H,7-11,13-14H2/b28-24+. The summed E-state index contributed by atoms with van der Waals surface area (Å²) in [6.45, 7) is 0.367. The van der Waals surface area contributed by atoms with Crippen LogP contribution in [-0.2, 0) is 16.9 Å². The van der Waals surface area contributed by atoms with E-state index in [9.17, 15) is 0 Å². The van der Waals surface area contributed by atoms with Crippen LogP contribution in [0.3, 0.4) is 0 Å². The van der Waals surface area contributed by atoms with Crippen LogP contribution in [0.5, 0.6) is 0 Å². The molecule has 5 aliphatic carbocycles. The normalized spacial score (nSPS) is 35.4. The van der Waals surface area contributed by atoms with Gasteiger partial charge in [-0.3, -0.25) is 0 Å². The summed E-state index contributed by atoms with van der Waals surface area (Å²) in [6, 6.07) is 14.5. The lowest BCUT2D eigenvalue weighted by atomic mass is 9.44. The van der Waals surface area contributed by atoms with E-state index in [0.29, 0.717) is 22.1 Å². The summed E-state index contributed by atoms with van der Waals surface area (Å²) in [5.41, 5.74) is 5.18. The summed E-state index contributed by atoms with van der Waals surface area (Å²) >= 11 is 12.3. The van der Waals surface area contributed by atoms with Gasteiger partial charge in [0.25, 0.3) is 0 Å². The second-order valence-corrected chi connectivity index (χ2v) is 10.5. The molecule has 0 unspecified atom stereocenters. The van der Waals surface area contributed by atoms with Crippen molar-refractivity contribution in [2.45, 2.75) is 50.5 Å². The van der Waals surface area contributed by atoms with Crippen molar-refractivity contribution in [3.63, 3.8) is 0 Å². The van der Waals surface area contributed by atoms with Gasteiger partial charge in [-0.1, -0.05) is 58.7 Å². The third-order valence-electron chi connectivity index (χ3n) is 8.20. The Labute approximate surface area is 182 Å². The Kier molecular flexibility index (Phi) is 4.25. The molecule has 4 bridgehead atoms. The quantitative estimate of drug-likeness (QED) is 0.484. The van der Waals surface area contributed by atoms with Gasteiger partial charge in [0.2, 0.25) is 0 Å². The molecular formula is C25H25Cl2NO. The molecule has 0 aliphatic heterocycles. The van der Waals surface area contributed by atoms with Crippen LogP contribution in [0.2, 0.25) is 10.0 Å². The predicted octanol–water partition coefficient (Wildman–Crippen LogP) is 7.01. The molecule has 29 heavy (non-hydrogen) atoms. The van der Waals surface area contributed by atoms with Gasteiger partial charge in [-0.15, -0.1) is 0 Å². The number of hydrogen-bond donors (Lipinski definition) is 0.